The summed E-state index contributed by atoms with van der Waals surface area (Å²) in [5.41, 5.74) is 2.15. The van der Waals surface area contributed by atoms with Gasteiger partial charge in [-0.15, -0.1) is 0 Å². The molecule has 0 spiro atoms. The van der Waals surface area contributed by atoms with E-state index in [1.54, 1.807) is 0 Å². The second-order valence-corrected chi connectivity index (χ2v) is 7.65. The van der Waals surface area contributed by atoms with E-state index in [-0.39, 0.29) is 5.91 Å². The summed E-state index contributed by atoms with van der Waals surface area (Å²) in [6, 6.07) is 9.03. The van der Waals surface area contributed by atoms with E-state index < -0.39 is 0 Å². The Hall–Kier alpha value is -1.39. The number of hydrogen-bond acceptors (Lipinski definition) is 3. The topological polar surface area (TPSA) is 35.6 Å². The number of nitrogens with zero attached hydrogens (tertiary/aromatic N) is 2. The van der Waals surface area contributed by atoms with E-state index in [4.69, 9.17) is 0 Å². The molecule has 0 saturated carbocycles. The van der Waals surface area contributed by atoms with Crippen LogP contribution in [0.25, 0.3) is 0 Å². The van der Waals surface area contributed by atoms with Crippen LogP contribution in [0.2, 0.25) is 0 Å². The van der Waals surface area contributed by atoms with E-state index in [2.05, 4.69) is 28.4 Å². The van der Waals surface area contributed by atoms with E-state index in [0.717, 1.165) is 50.5 Å². The molecule has 4 rings (SSSR count). The van der Waals surface area contributed by atoms with Crippen LogP contribution in [0.15, 0.2) is 24.3 Å². The summed E-state index contributed by atoms with van der Waals surface area (Å²) in [6.45, 7) is 6.30. The fourth-order valence-corrected chi connectivity index (χ4v) is 4.68. The van der Waals surface area contributed by atoms with Gasteiger partial charge in [-0.25, -0.2) is 0 Å². The zero-order valence-electron chi connectivity index (χ0n) is 14.5. The molecule has 2 atom stereocenters. The average Bonchev–Trinajstić information content (AvgIpc) is 3.12. The lowest BCUT2D eigenvalue weighted by Gasteiger charge is -2.37. The Balaban J connectivity index is 1.45. The highest BCUT2D eigenvalue weighted by molar-refractivity contribution is 5.94. The third-order valence-corrected chi connectivity index (χ3v) is 6.00. The third kappa shape index (κ3) is 3.35. The number of amides is 1. The summed E-state index contributed by atoms with van der Waals surface area (Å²) < 4.78 is 0. The number of carbonyl (C=O) groups excluding carboxylic acids is 1. The number of benzene rings is 1. The molecule has 0 aliphatic carbocycles. The van der Waals surface area contributed by atoms with Crippen molar-refractivity contribution in [1.82, 2.24) is 15.1 Å². The maximum absolute atomic E-state index is 12.7. The SMILES string of the molecule is O=C(c1cccc(CN2CCC[C@H]3CNC[C@H]32)c1)N1CCCCC1. The Morgan fingerprint density at radius 2 is 1.96 bits per heavy atom. The maximum atomic E-state index is 12.7. The van der Waals surface area contributed by atoms with Gasteiger partial charge in [0.15, 0.2) is 0 Å². The molecule has 3 aliphatic rings. The number of hydrogen-bond donors (Lipinski definition) is 1. The molecule has 1 aromatic carbocycles. The standard InChI is InChI=1S/C20H29N3O/c24-20(22-9-2-1-3-10-22)17-7-4-6-16(12-17)15-23-11-5-8-18-13-21-14-19(18)23/h4,6-7,12,18-19,21H,1-3,5,8-11,13-15H2/t18-,19+/m0/s1. The molecule has 4 nitrogen and oxygen atoms in total. The predicted molar refractivity (Wildman–Crippen MR) is 96.0 cm³/mol. The van der Waals surface area contributed by atoms with Crippen LogP contribution in [0.1, 0.15) is 48.0 Å². The van der Waals surface area contributed by atoms with Crippen LogP contribution in [0.3, 0.4) is 0 Å². The highest BCUT2D eigenvalue weighted by Crippen LogP contribution is 2.28. The average molecular weight is 327 g/mol. The molecule has 1 aromatic rings. The van der Waals surface area contributed by atoms with Crippen molar-refractivity contribution in [3.63, 3.8) is 0 Å². The van der Waals surface area contributed by atoms with E-state index in [9.17, 15) is 4.79 Å². The molecule has 0 radical (unpaired) electrons. The lowest BCUT2D eigenvalue weighted by molar-refractivity contribution is 0.0724. The minimum atomic E-state index is 0.218. The number of nitrogens with one attached hydrogen (secondary N) is 1. The summed E-state index contributed by atoms with van der Waals surface area (Å²) in [6.07, 6.45) is 6.22. The molecule has 1 N–H and O–H groups in total. The first kappa shape index (κ1) is 16.1. The molecule has 24 heavy (non-hydrogen) atoms. The molecular weight excluding hydrogens is 298 g/mol. The summed E-state index contributed by atoms with van der Waals surface area (Å²) in [4.78, 5) is 17.4. The van der Waals surface area contributed by atoms with E-state index in [1.165, 1.54) is 37.9 Å². The van der Waals surface area contributed by atoms with Gasteiger partial charge in [-0.05, 0) is 68.8 Å². The zero-order chi connectivity index (χ0) is 16.4. The molecular formula is C20H29N3O. The molecule has 3 fully saturated rings. The quantitative estimate of drug-likeness (QED) is 0.926. The van der Waals surface area contributed by atoms with Gasteiger partial charge in [0.25, 0.3) is 5.91 Å². The first-order chi connectivity index (χ1) is 11.8. The van der Waals surface area contributed by atoms with Crippen molar-refractivity contribution < 1.29 is 4.79 Å². The summed E-state index contributed by atoms with van der Waals surface area (Å²) >= 11 is 0. The van der Waals surface area contributed by atoms with Crippen LogP contribution in [-0.2, 0) is 6.54 Å². The fourth-order valence-electron chi connectivity index (χ4n) is 4.68. The minimum absolute atomic E-state index is 0.218. The monoisotopic (exact) mass is 327 g/mol. The van der Waals surface area contributed by atoms with Gasteiger partial charge in [0.05, 0.1) is 0 Å². The summed E-state index contributed by atoms with van der Waals surface area (Å²) in [5.74, 6) is 1.03. The Kier molecular flexibility index (Phi) is 4.86. The first-order valence-corrected chi connectivity index (χ1v) is 9.64. The Morgan fingerprint density at radius 1 is 1.08 bits per heavy atom. The molecule has 0 aromatic heterocycles. The van der Waals surface area contributed by atoms with E-state index >= 15 is 0 Å². The van der Waals surface area contributed by atoms with Gasteiger partial charge in [-0.1, -0.05) is 12.1 Å². The molecule has 130 valence electrons. The fraction of sp³-hybridized carbons (Fsp3) is 0.650. The highest BCUT2D eigenvalue weighted by Gasteiger charge is 2.34. The number of fused-ring (bicyclic) bond motifs is 1. The molecule has 0 unspecified atom stereocenters. The van der Waals surface area contributed by atoms with E-state index in [0.29, 0.717) is 6.04 Å². The van der Waals surface area contributed by atoms with Crippen molar-refractivity contribution in [2.24, 2.45) is 5.92 Å². The van der Waals surface area contributed by atoms with Crippen LogP contribution in [-0.4, -0.2) is 54.5 Å². The molecule has 3 heterocycles. The van der Waals surface area contributed by atoms with Crippen LogP contribution in [0.4, 0.5) is 0 Å². The summed E-state index contributed by atoms with van der Waals surface area (Å²) in [7, 11) is 0. The third-order valence-electron chi connectivity index (χ3n) is 6.00. The Morgan fingerprint density at radius 3 is 2.83 bits per heavy atom. The van der Waals surface area contributed by atoms with Gasteiger partial charge >= 0.3 is 0 Å². The lowest BCUT2D eigenvalue weighted by atomic mass is 9.91. The van der Waals surface area contributed by atoms with Crippen LogP contribution in [0.5, 0.6) is 0 Å². The number of piperidine rings is 2. The van der Waals surface area contributed by atoms with Crippen molar-refractivity contribution in [3.05, 3.63) is 35.4 Å². The first-order valence-electron chi connectivity index (χ1n) is 9.64. The highest BCUT2D eigenvalue weighted by atomic mass is 16.2. The van der Waals surface area contributed by atoms with Crippen molar-refractivity contribution in [3.8, 4) is 0 Å². The van der Waals surface area contributed by atoms with Crippen molar-refractivity contribution in [2.45, 2.75) is 44.7 Å². The minimum Gasteiger partial charge on any atom is -0.339 e. The number of carbonyl (C=O) groups is 1. The summed E-state index contributed by atoms with van der Waals surface area (Å²) in [5, 5.41) is 3.55. The Labute approximate surface area is 145 Å². The van der Waals surface area contributed by atoms with Gasteiger partial charge in [-0.3, -0.25) is 9.69 Å². The van der Waals surface area contributed by atoms with E-state index in [1.807, 2.05) is 11.0 Å². The number of likely N-dealkylation sites (tertiary alicyclic amines) is 2. The zero-order valence-corrected chi connectivity index (χ0v) is 14.5. The lowest BCUT2D eigenvalue weighted by Crippen LogP contribution is -2.44. The van der Waals surface area contributed by atoms with Gasteiger partial charge in [0.1, 0.15) is 0 Å². The molecule has 4 heteroatoms. The molecule has 3 aliphatic heterocycles. The molecule has 3 saturated heterocycles. The maximum Gasteiger partial charge on any atom is 0.253 e. The van der Waals surface area contributed by atoms with Gasteiger partial charge in [-0.2, -0.15) is 0 Å². The Bertz CT molecular complexity index is 582. The van der Waals surface area contributed by atoms with Crippen LogP contribution in [0, 0.1) is 5.92 Å². The number of rotatable bonds is 3. The van der Waals surface area contributed by atoms with Crippen molar-refractivity contribution in [2.75, 3.05) is 32.7 Å². The second-order valence-electron chi connectivity index (χ2n) is 7.65. The van der Waals surface area contributed by atoms with Gasteiger partial charge in [0.2, 0.25) is 0 Å². The molecule has 0 bridgehead atoms. The van der Waals surface area contributed by atoms with Gasteiger partial charge < -0.3 is 10.2 Å². The van der Waals surface area contributed by atoms with Crippen LogP contribution >= 0.6 is 0 Å². The smallest absolute Gasteiger partial charge is 0.253 e. The van der Waals surface area contributed by atoms with Crippen molar-refractivity contribution >= 4 is 5.91 Å². The molecule has 1 amide bonds. The second kappa shape index (κ2) is 7.24. The predicted octanol–water partition coefficient (Wildman–Crippen LogP) is 2.50. The largest absolute Gasteiger partial charge is 0.339 e. The normalized spacial score (nSPS) is 27.9. The van der Waals surface area contributed by atoms with Crippen molar-refractivity contribution in [1.29, 1.82) is 0 Å². The van der Waals surface area contributed by atoms with Gasteiger partial charge in [0, 0.05) is 37.8 Å². The van der Waals surface area contributed by atoms with Crippen LogP contribution < -0.4 is 5.32 Å².